The largest absolute Gasteiger partial charge is 0.387 e. The standard InChI is InChI=1S/C4H6N2/c1-2-6-4-3-5-1/h1-2,5-6H,3H2. The van der Waals surface area contributed by atoms with Crippen molar-refractivity contribution in [2.45, 2.75) is 0 Å². The number of hydrogen-bond acceptors (Lipinski definition) is 2. The smallest absolute Gasteiger partial charge is 0.109 e. The van der Waals surface area contributed by atoms with Gasteiger partial charge >= 0.3 is 0 Å². The summed E-state index contributed by atoms with van der Waals surface area (Å²) in [6.45, 7) is 3.64. The lowest BCUT2D eigenvalue weighted by atomic mass is 10.5. The SMILES string of the molecule is [C]1CNC=CN1. The fraction of sp³-hybridized carbons (Fsp3) is 0.250. The first-order chi connectivity index (χ1) is 3.00. The molecule has 2 nitrogen and oxygen atoms in total. The van der Waals surface area contributed by atoms with Crippen molar-refractivity contribution in [3.63, 3.8) is 0 Å². The molecule has 0 atom stereocenters. The Kier molecular flexibility index (Phi) is 0.998. The Bertz CT molecular complexity index is 50.6. The third kappa shape index (κ3) is 0.641. The lowest BCUT2D eigenvalue weighted by Gasteiger charge is -2.03. The normalized spacial score (nSPS) is 18.7. The van der Waals surface area contributed by atoms with E-state index in [4.69, 9.17) is 0 Å². The van der Waals surface area contributed by atoms with Crippen molar-refractivity contribution < 1.29 is 0 Å². The highest BCUT2D eigenvalue weighted by Crippen LogP contribution is 1.73. The molecule has 0 saturated carbocycles. The molecule has 0 aliphatic carbocycles. The number of rotatable bonds is 0. The lowest BCUT2D eigenvalue weighted by Crippen LogP contribution is -2.20. The zero-order valence-corrected chi connectivity index (χ0v) is 3.36. The van der Waals surface area contributed by atoms with Gasteiger partial charge in [-0.1, -0.05) is 0 Å². The predicted octanol–water partition coefficient (Wildman–Crippen LogP) is -0.311. The van der Waals surface area contributed by atoms with E-state index in [1.54, 1.807) is 6.20 Å². The van der Waals surface area contributed by atoms with Crippen molar-refractivity contribution in [3.8, 4) is 0 Å². The van der Waals surface area contributed by atoms with Crippen molar-refractivity contribution in [2.75, 3.05) is 6.54 Å². The van der Waals surface area contributed by atoms with Crippen LogP contribution in [0.2, 0.25) is 0 Å². The Morgan fingerprint density at radius 1 is 1.50 bits per heavy atom. The van der Waals surface area contributed by atoms with Gasteiger partial charge in [0.05, 0.1) is 0 Å². The topological polar surface area (TPSA) is 24.1 Å². The van der Waals surface area contributed by atoms with Crippen LogP contribution in [0, 0.1) is 6.54 Å². The second-order valence-corrected chi connectivity index (χ2v) is 1.04. The minimum absolute atomic E-state index is 0.802. The van der Waals surface area contributed by atoms with Crippen LogP contribution in [0.15, 0.2) is 12.4 Å². The summed E-state index contributed by atoms with van der Waals surface area (Å²) in [5, 5.41) is 5.72. The van der Waals surface area contributed by atoms with Gasteiger partial charge in [-0.2, -0.15) is 0 Å². The van der Waals surface area contributed by atoms with Gasteiger partial charge in [-0.3, -0.25) is 0 Å². The quantitative estimate of drug-likeness (QED) is 0.419. The highest BCUT2D eigenvalue weighted by Gasteiger charge is 1.84. The highest BCUT2D eigenvalue weighted by atomic mass is 15.0. The molecule has 6 heavy (non-hydrogen) atoms. The molecule has 2 radical (unpaired) electrons. The van der Waals surface area contributed by atoms with Crippen LogP contribution in [0.5, 0.6) is 0 Å². The number of hydrogen-bond donors (Lipinski definition) is 2. The summed E-state index contributed by atoms with van der Waals surface area (Å²) in [6.07, 6.45) is 3.64. The van der Waals surface area contributed by atoms with Crippen molar-refractivity contribution in [1.29, 1.82) is 0 Å². The van der Waals surface area contributed by atoms with Crippen LogP contribution in [0.3, 0.4) is 0 Å². The minimum Gasteiger partial charge on any atom is -0.387 e. The van der Waals surface area contributed by atoms with Crippen LogP contribution in [0.1, 0.15) is 0 Å². The number of nitrogens with one attached hydrogen (secondary N) is 2. The minimum atomic E-state index is 0.802. The molecule has 0 aromatic rings. The molecular formula is C4H6N2. The molecule has 0 fully saturated rings. The summed E-state index contributed by atoms with van der Waals surface area (Å²) in [5.74, 6) is 0. The fourth-order valence-corrected chi connectivity index (χ4v) is 0.321. The van der Waals surface area contributed by atoms with Crippen molar-refractivity contribution >= 4 is 0 Å². The van der Waals surface area contributed by atoms with Gasteiger partial charge in [0.1, 0.15) is 6.54 Å². The van der Waals surface area contributed by atoms with Crippen LogP contribution < -0.4 is 10.6 Å². The maximum Gasteiger partial charge on any atom is 0.109 e. The first-order valence-electron chi connectivity index (χ1n) is 1.87. The molecular weight excluding hydrogens is 76.1 g/mol. The zero-order chi connectivity index (χ0) is 4.24. The second kappa shape index (κ2) is 1.70. The summed E-state index contributed by atoms with van der Waals surface area (Å²) >= 11 is 0. The van der Waals surface area contributed by atoms with Gasteiger partial charge in [0.15, 0.2) is 0 Å². The van der Waals surface area contributed by atoms with Crippen LogP contribution in [-0.4, -0.2) is 6.54 Å². The molecule has 0 aromatic carbocycles. The molecule has 0 bridgehead atoms. The summed E-state index contributed by atoms with van der Waals surface area (Å²) in [4.78, 5) is 0. The highest BCUT2D eigenvalue weighted by molar-refractivity contribution is 4.88. The molecule has 0 unspecified atom stereocenters. The van der Waals surface area contributed by atoms with Gasteiger partial charge in [-0.15, -0.1) is 0 Å². The van der Waals surface area contributed by atoms with E-state index in [2.05, 4.69) is 17.2 Å². The average Bonchev–Trinajstić information content (AvgIpc) is 1.72. The van der Waals surface area contributed by atoms with Crippen molar-refractivity contribution in [1.82, 2.24) is 10.6 Å². The van der Waals surface area contributed by atoms with Crippen molar-refractivity contribution in [3.05, 3.63) is 18.9 Å². The van der Waals surface area contributed by atoms with E-state index in [1.165, 1.54) is 0 Å². The van der Waals surface area contributed by atoms with Gasteiger partial charge in [0.2, 0.25) is 0 Å². The van der Waals surface area contributed by atoms with Crippen LogP contribution >= 0.6 is 0 Å². The van der Waals surface area contributed by atoms with Crippen LogP contribution in [-0.2, 0) is 0 Å². The van der Waals surface area contributed by atoms with E-state index < -0.39 is 0 Å². The Balaban J connectivity index is 2.26. The molecule has 0 aromatic heterocycles. The summed E-state index contributed by atoms with van der Waals surface area (Å²) in [7, 11) is 0. The van der Waals surface area contributed by atoms with Gasteiger partial charge < -0.3 is 10.6 Å². The lowest BCUT2D eigenvalue weighted by molar-refractivity contribution is 0.811. The molecule has 1 aliphatic rings. The van der Waals surface area contributed by atoms with E-state index in [0.29, 0.717) is 0 Å². The monoisotopic (exact) mass is 82.1 g/mol. The van der Waals surface area contributed by atoms with E-state index in [9.17, 15) is 0 Å². The Morgan fingerprint density at radius 2 is 2.50 bits per heavy atom. The second-order valence-electron chi connectivity index (χ2n) is 1.04. The van der Waals surface area contributed by atoms with Gasteiger partial charge in [-0.05, 0) is 0 Å². The molecule has 2 heteroatoms. The molecule has 1 heterocycles. The van der Waals surface area contributed by atoms with E-state index in [0.717, 1.165) is 6.54 Å². The summed E-state index contributed by atoms with van der Waals surface area (Å²) in [5.41, 5.74) is 0. The van der Waals surface area contributed by atoms with Crippen LogP contribution in [0.25, 0.3) is 0 Å². The first-order valence-corrected chi connectivity index (χ1v) is 1.87. The predicted molar refractivity (Wildman–Crippen MR) is 23.5 cm³/mol. The van der Waals surface area contributed by atoms with Gasteiger partial charge in [0, 0.05) is 18.9 Å². The maximum absolute atomic E-state index is 2.93. The molecule has 2 N–H and O–H groups in total. The van der Waals surface area contributed by atoms with Crippen LogP contribution in [0.4, 0.5) is 0 Å². The Labute approximate surface area is 37.2 Å². The molecule has 1 aliphatic heterocycles. The third-order valence-corrected chi connectivity index (χ3v) is 0.577. The van der Waals surface area contributed by atoms with E-state index in [-0.39, 0.29) is 0 Å². The van der Waals surface area contributed by atoms with Gasteiger partial charge in [0.25, 0.3) is 0 Å². The molecule has 32 valence electrons. The van der Waals surface area contributed by atoms with E-state index >= 15 is 0 Å². The Morgan fingerprint density at radius 3 is 2.67 bits per heavy atom. The molecule has 1 rings (SSSR count). The van der Waals surface area contributed by atoms with Gasteiger partial charge in [-0.25, -0.2) is 0 Å². The molecule has 0 saturated heterocycles. The molecule has 0 spiro atoms. The van der Waals surface area contributed by atoms with Crippen molar-refractivity contribution in [2.24, 2.45) is 0 Å². The summed E-state index contributed by atoms with van der Waals surface area (Å²) in [6, 6.07) is 0. The fourth-order valence-electron chi connectivity index (χ4n) is 0.321. The van der Waals surface area contributed by atoms with E-state index in [1.807, 2.05) is 6.20 Å². The summed E-state index contributed by atoms with van der Waals surface area (Å²) < 4.78 is 0. The first kappa shape index (κ1) is 3.53. The molecule has 0 amide bonds. The average molecular weight is 82.1 g/mol. The third-order valence-electron chi connectivity index (χ3n) is 0.577. The Hall–Kier alpha value is -0.660. The maximum atomic E-state index is 2.93. The zero-order valence-electron chi connectivity index (χ0n) is 3.36.